The number of halogens is 3. The third kappa shape index (κ3) is 3.96. The van der Waals surface area contributed by atoms with Crippen LogP contribution < -0.4 is 5.56 Å². The molecule has 0 bridgehead atoms. The van der Waals surface area contributed by atoms with Crippen LogP contribution in [0.5, 0.6) is 0 Å². The molecule has 0 radical (unpaired) electrons. The smallest absolute Gasteiger partial charge is 0.383 e. The van der Waals surface area contributed by atoms with Gasteiger partial charge in [-0.05, 0) is 24.5 Å². The number of H-pyrrole nitrogens is 1. The lowest BCUT2D eigenvalue weighted by Gasteiger charge is -2.36. The minimum absolute atomic E-state index is 0.145. The van der Waals surface area contributed by atoms with Crippen LogP contribution >= 0.6 is 0 Å². The summed E-state index contributed by atoms with van der Waals surface area (Å²) < 4.78 is 43.3. The van der Waals surface area contributed by atoms with Crippen molar-refractivity contribution in [2.75, 3.05) is 6.54 Å². The molecule has 0 spiro atoms. The van der Waals surface area contributed by atoms with Crippen LogP contribution in [0.3, 0.4) is 0 Å². The highest BCUT2D eigenvalue weighted by Gasteiger charge is 2.36. The number of carbonyl (C=O) groups is 1. The van der Waals surface area contributed by atoms with Gasteiger partial charge in [-0.3, -0.25) is 14.6 Å². The van der Waals surface area contributed by atoms with Gasteiger partial charge >= 0.3 is 12.1 Å². The minimum atomic E-state index is -4.53. The zero-order valence-electron chi connectivity index (χ0n) is 13.7. The fourth-order valence-electron chi connectivity index (χ4n) is 3.05. The van der Waals surface area contributed by atoms with E-state index in [1.807, 2.05) is 0 Å². The van der Waals surface area contributed by atoms with Gasteiger partial charge in [-0.2, -0.15) is 18.3 Å². The molecule has 10 heteroatoms. The number of hydroxylamine groups is 2. The van der Waals surface area contributed by atoms with E-state index in [2.05, 4.69) is 10.1 Å². The first-order chi connectivity index (χ1) is 12.2. The van der Waals surface area contributed by atoms with E-state index in [-0.39, 0.29) is 11.5 Å². The summed E-state index contributed by atoms with van der Waals surface area (Å²) in [5, 5.41) is 3.65. The van der Waals surface area contributed by atoms with Crippen molar-refractivity contribution in [3.8, 4) is 0 Å². The second-order valence-corrected chi connectivity index (χ2v) is 6.05. The molecule has 2 atom stereocenters. The first kappa shape index (κ1) is 18.2. The molecule has 1 fully saturated rings. The summed E-state index contributed by atoms with van der Waals surface area (Å²) in [4.78, 5) is 31.3. The number of aromatic amines is 1. The highest BCUT2D eigenvalue weighted by atomic mass is 19.4. The van der Waals surface area contributed by atoms with Crippen LogP contribution in [0.4, 0.5) is 13.2 Å². The van der Waals surface area contributed by atoms with Crippen molar-refractivity contribution in [1.29, 1.82) is 0 Å². The summed E-state index contributed by atoms with van der Waals surface area (Å²) in [6, 6.07) is 3.04. The SMILES string of the molecule is CC(=O)ON1CCC(c2cc(=O)[nH]o2)CC1c1ccc(C(F)(F)F)nc1. The fraction of sp³-hybridized carbons (Fsp3) is 0.438. The van der Waals surface area contributed by atoms with Crippen molar-refractivity contribution in [3.05, 3.63) is 51.8 Å². The summed E-state index contributed by atoms with van der Waals surface area (Å²) in [5.41, 5.74) is -0.888. The van der Waals surface area contributed by atoms with Gasteiger partial charge in [0.25, 0.3) is 5.56 Å². The van der Waals surface area contributed by atoms with Crippen LogP contribution in [-0.2, 0) is 15.8 Å². The Hall–Kier alpha value is -2.62. The Morgan fingerprint density at radius 1 is 1.42 bits per heavy atom. The lowest BCUT2D eigenvalue weighted by molar-refractivity contribution is -0.208. The molecule has 7 nitrogen and oxygen atoms in total. The summed E-state index contributed by atoms with van der Waals surface area (Å²) in [5.74, 6) is -0.211. The molecule has 1 saturated heterocycles. The summed E-state index contributed by atoms with van der Waals surface area (Å²) in [6.45, 7) is 1.59. The molecule has 1 aliphatic heterocycles. The summed E-state index contributed by atoms with van der Waals surface area (Å²) in [7, 11) is 0. The second kappa shape index (κ2) is 6.94. The lowest BCUT2D eigenvalue weighted by Crippen LogP contribution is -2.37. The molecule has 0 saturated carbocycles. The van der Waals surface area contributed by atoms with Gasteiger partial charge in [0.1, 0.15) is 11.5 Å². The van der Waals surface area contributed by atoms with E-state index >= 15 is 0 Å². The van der Waals surface area contributed by atoms with Crippen molar-refractivity contribution < 1.29 is 27.3 Å². The van der Waals surface area contributed by atoms with Crippen LogP contribution in [0.15, 0.2) is 33.7 Å². The maximum atomic E-state index is 12.7. The predicted molar refractivity (Wildman–Crippen MR) is 81.8 cm³/mol. The number of nitrogens with one attached hydrogen (secondary N) is 1. The first-order valence-corrected chi connectivity index (χ1v) is 7.91. The molecule has 1 aliphatic rings. The Balaban J connectivity index is 1.87. The number of alkyl halides is 3. The first-order valence-electron chi connectivity index (χ1n) is 7.91. The molecule has 2 unspecified atom stereocenters. The van der Waals surface area contributed by atoms with Crippen molar-refractivity contribution in [3.63, 3.8) is 0 Å². The molecule has 1 N–H and O–H groups in total. The van der Waals surface area contributed by atoms with Gasteiger partial charge in [-0.1, -0.05) is 6.07 Å². The summed E-state index contributed by atoms with van der Waals surface area (Å²) >= 11 is 0. The highest BCUT2D eigenvalue weighted by Crippen LogP contribution is 2.39. The minimum Gasteiger partial charge on any atom is -0.383 e. The standard InChI is InChI=1S/C16H16F3N3O4/c1-9(23)26-22-5-4-10(13-7-15(24)21-25-13)6-12(22)11-2-3-14(20-8-11)16(17,18)19/h2-3,7-8,10,12H,4-6H2,1H3,(H,21,24). The third-order valence-corrected chi connectivity index (χ3v) is 4.21. The molecular weight excluding hydrogens is 355 g/mol. The highest BCUT2D eigenvalue weighted by molar-refractivity contribution is 5.65. The Labute approximate surface area is 145 Å². The quantitative estimate of drug-likeness (QED) is 0.893. The Bertz CT molecular complexity index is 828. The van der Waals surface area contributed by atoms with Gasteiger partial charge in [-0.25, -0.2) is 0 Å². The average molecular weight is 371 g/mol. The molecule has 3 heterocycles. The van der Waals surface area contributed by atoms with Gasteiger partial charge < -0.3 is 9.36 Å². The number of hydrogen-bond donors (Lipinski definition) is 1. The van der Waals surface area contributed by atoms with Crippen LogP contribution in [0.1, 0.15) is 48.7 Å². The molecule has 3 rings (SSSR count). The summed E-state index contributed by atoms with van der Waals surface area (Å²) in [6.07, 6.45) is -2.46. The van der Waals surface area contributed by atoms with Crippen LogP contribution in [-0.4, -0.2) is 27.7 Å². The Morgan fingerprint density at radius 3 is 2.73 bits per heavy atom. The van der Waals surface area contributed by atoms with E-state index in [4.69, 9.17) is 9.36 Å². The second-order valence-electron chi connectivity index (χ2n) is 6.05. The van der Waals surface area contributed by atoms with Gasteiger partial charge in [0.15, 0.2) is 0 Å². The van der Waals surface area contributed by atoms with Crippen molar-refractivity contribution in [2.45, 2.75) is 37.9 Å². The lowest BCUT2D eigenvalue weighted by atomic mass is 9.87. The number of rotatable bonds is 3. The molecule has 0 aliphatic carbocycles. The van der Waals surface area contributed by atoms with Crippen LogP contribution in [0.25, 0.3) is 0 Å². The molecule has 140 valence electrons. The fourth-order valence-corrected chi connectivity index (χ4v) is 3.05. The van der Waals surface area contributed by atoms with Crippen molar-refractivity contribution >= 4 is 5.97 Å². The normalized spacial score (nSPS) is 21.5. The largest absolute Gasteiger partial charge is 0.433 e. The molecular formula is C16H16F3N3O4. The van der Waals surface area contributed by atoms with Crippen molar-refractivity contribution in [1.82, 2.24) is 15.2 Å². The molecule has 2 aromatic rings. The maximum Gasteiger partial charge on any atom is 0.433 e. The van der Waals surface area contributed by atoms with E-state index in [0.717, 1.165) is 12.3 Å². The molecule has 2 aromatic heterocycles. The zero-order chi connectivity index (χ0) is 18.9. The van der Waals surface area contributed by atoms with E-state index in [1.54, 1.807) is 0 Å². The third-order valence-electron chi connectivity index (χ3n) is 4.21. The maximum absolute atomic E-state index is 12.7. The molecule has 26 heavy (non-hydrogen) atoms. The number of carbonyl (C=O) groups excluding carboxylic acids is 1. The monoisotopic (exact) mass is 371 g/mol. The van der Waals surface area contributed by atoms with Crippen molar-refractivity contribution in [2.24, 2.45) is 0 Å². The topological polar surface area (TPSA) is 88.4 Å². The van der Waals surface area contributed by atoms with Gasteiger partial charge in [0.05, 0.1) is 6.04 Å². The predicted octanol–water partition coefficient (Wildman–Crippen LogP) is 2.78. The van der Waals surface area contributed by atoms with E-state index in [9.17, 15) is 22.8 Å². The molecule has 0 amide bonds. The number of aromatic nitrogens is 2. The number of piperidine rings is 1. The van der Waals surface area contributed by atoms with Gasteiger partial charge in [0.2, 0.25) is 0 Å². The van der Waals surface area contributed by atoms with E-state index in [1.165, 1.54) is 24.1 Å². The van der Waals surface area contributed by atoms with E-state index < -0.39 is 23.9 Å². The number of nitrogens with zero attached hydrogens (tertiary/aromatic N) is 2. The Morgan fingerprint density at radius 2 is 2.19 bits per heavy atom. The molecule has 0 aromatic carbocycles. The number of hydrogen-bond acceptors (Lipinski definition) is 6. The average Bonchev–Trinajstić information content (AvgIpc) is 3.00. The van der Waals surface area contributed by atoms with Crippen LogP contribution in [0, 0.1) is 0 Å². The zero-order valence-corrected chi connectivity index (χ0v) is 13.7. The van der Waals surface area contributed by atoms with Gasteiger partial charge in [-0.15, -0.1) is 5.06 Å². The number of pyridine rings is 1. The van der Waals surface area contributed by atoms with Gasteiger partial charge in [0, 0.05) is 31.6 Å². The van der Waals surface area contributed by atoms with Crippen LogP contribution in [0.2, 0.25) is 0 Å². The Kier molecular flexibility index (Phi) is 4.86. The van der Waals surface area contributed by atoms with E-state index in [0.29, 0.717) is 30.7 Å².